The summed E-state index contributed by atoms with van der Waals surface area (Å²) in [5, 5.41) is 5.69. The van der Waals surface area contributed by atoms with Crippen molar-refractivity contribution in [2.45, 2.75) is 46.8 Å². The first kappa shape index (κ1) is 15.8. The molecule has 21 heavy (non-hydrogen) atoms. The van der Waals surface area contributed by atoms with Crippen LogP contribution in [0.1, 0.15) is 39.7 Å². The van der Waals surface area contributed by atoms with E-state index in [0.29, 0.717) is 5.92 Å². The third-order valence-corrected chi connectivity index (χ3v) is 3.52. The van der Waals surface area contributed by atoms with Crippen LogP contribution >= 0.6 is 0 Å². The van der Waals surface area contributed by atoms with Crippen molar-refractivity contribution in [2.24, 2.45) is 5.92 Å². The Labute approximate surface area is 127 Å². The van der Waals surface area contributed by atoms with E-state index < -0.39 is 0 Å². The molecule has 0 spiro atoms. The molecule has 3 nitrogen and oxygen atoms in total. The van der Waals surface area contributed by atoms with Crippen LogP contribution in [-0.4, -0.2) is 17.6 Å². The van der Waals surface area contributed by atoms with E-state index in [1.165, 1.54) is 10.9 Å². The lowest BCUT2D eigenvalue weighted by molar-refractivity contribution is 0.188. The van der Waals surface area contributed by atoms with E-state index in [1.54, 1.807) is 0 Å². The molecule has 1 unspecified atom stereocenters. The molecule has 0 fully saturated rings. The number of hydrogen-bond donors (Lipinski definition) is 1. The van der Waals surface area contributed by atoms with Crippen LogP contribution in [0.3, 0.4) is 0 Å². The van der Waals surface area contributed by atoms with Crippen molar-refractivity contribution < 1.29 is 4.74 Å². The fraction of sp³-hybridized carbons (Fsp3) is 0.500. The minimum absolute atomic E-state index is 0.181. The monoisotopic (exact) mass is 286 g/mol. The molecule has 3 heteroatoms. The summed E-state index contributed by atoms with van der Waals surface area (Å²) in [4.78, 5) is 4.54. The SMILES string of the molecule is CCNCc1cnc(OC(C)CC(C)C)c2ccccc12. The zero-order valence-electron chi connectivity index (χ0n) is 13.5. The molecule has 1 aromatic heterocycles. The average Bonchev–Trinajstić information content (AvgIpc) is 2.45. The maximum Gasteiger partial charge on any atom is 0.221 e. The van der Waals surface area contributed by atoms with Gasteiger partial charge >= 0.3 is 0 Å². The summed E-state index contributed by atoms with van der Waals surface area (Å²) in [5.41, 5.74) is 1.22. The lowest BCUT2D eigenvalue weighted by atomic mass is 10.1. The van der Waals surface area contributed by atoms with Gasteiger partial charge in [0.2, 0.25) is 5.88 Å². The van der Waals surface area contributed by atoms with Gasteiger partial charge < -0.3 is 10.1 Å². The number of pyridine rings is 1. The van der Waals surface area contributed by atoms with E-state index in [9.17, 15) is 0 Å². The van der Waals surface area contributed by atoms with Crippen molar-refractivity contribution in [1.82, 2.24) is 10.3 Å². The lowest BCUT2D eigenvalue weighted by Crippen LogP contribution is -2.16. The van der Waals surface area contributed by atoms with Crippen LogP contribution in [0.4, 0.5) is 0 Å². The van der Waals surface area contributed by atoms with Gasteiger partial charge in [0.25, 0.3) is 0 Å². The van der Waals surface area contributed by atoms with Crippen molar-refractivity contribution in [3.8, 4) is 5.88 Å². The Bertz CT molecular complexity index is 580. The number of benzene rings is 1. The number of nitrogens with one attached hydrogen (secondary N) is 1. The van der Waals surface area contributed by atoms with Crippen LogP contribution in [-0.2, 0) is 6.54 Å². The topological polar surface area (TPSA) is 34.2 Å². The summed E-state index contributed by atoms with van der Waals surface area (Å²) in [6, 6.07) is 8.35. The van der Waals surface area contributed by atoms with Crippen LogP contribution in [0, 0.1) is 5.92 Å². The molecule has 0 aliphatic rings. The van der Waals surface area contributed by atoms with E-state index in [2.05, 4.69) is 56.2 Å². The molecule has 0 aliphatic heterocycles. The number of nitrogens with zero attached hydrogens (tertiary/aromatic N) is 1. The molecule has 2 aromatic rings. The largest absolute Gasteiger partial charge is 0.474 e. The maximum atomic E-state index is 6.07. The number of ether oxygens (including phenoxy) is 1. The van der Waals surface area contributed by atoms with Gasteiger partial charge in [-0.05, 0) is 42.8 Å². The molecule has 0 saturated heterocycles. The predicted molar refractivity (Wildman–Crippen MR) is 88.7 cm³/mol. The van der Waals surface area contributed by atoms with Crippen molar-refractivity contribution in [2.75, 3.05) is 6.54 Å². The molecular formula is C18H26N2O. The van der Waals surface area contributed by atoms with Gasteiger partial charge in [-0.2, -0.15) is 0 Å². The molecule has 0 amide bonds. The van der Waals surface area contributed by atoms with Crippen LogP contribution in [0.5, 0.6) is 5.88 Å². The van der Waals surface area contributed by atoms with E-state index in [1.807, 2.05) is 12.3 Å². The van der Waals surface area contributed by atoms with E-state index in [4.69, 9.17) is 4.74 Å². The predicted octanol–water partition coefficient (Wildman–Crippen LogP) is 4.16. The number of aromatic nitrogens is 1. The molecular weight excluding hydrogens is 260 g/mol. The summed E-state index contributed by atoms with van der Waals surface area (Å²) in [6.07, 6.45) is 3.15. The molecule has 0 aliphatic carbocycles. The first-order chi connectivity index (χ1) is 10.1. The van der Waals surface area contributed by atoms with Gasteiger partial charge in [-0.1, -0.05) is 39.0 Å². The first-order valence-electron chi connectivity index (χ1n) is 7.85. The van der Waals surface area contributed by atoms with Gasteiger partial charge in [-0.25, -0.2) is 4.98 Å². The summed E-state index contributed by atoms with van der Waals surface area (Å²) in [6.45, 7) is 10.4. The third-order valence-electron chi connectivity index (χ3n) is 3.52. The van der Waals surface area contributed by atoms with E-state index in [0.717, 1.165) is 30.8 Å². The van der Waals surface area contributed by atoms with Gasteiger partial charge in [0.15, 0.2) is 0 Å². The summed E-state index contributed by atoms with van der Waals surface area (Å²) >= 11 is 0. The first-order valence-corrected chi connectivity index (χ1v) is 7.85. The fourth-order valence-corrected chi connectivity index (χ4v) is 2.62. The normalized spacial score (nSPS) is 12.8. The van der Waals surface area contributed by atoms with Gasteiger partial charge in [0, 0.05) is 18.1 Å². The summed E-state index contributed by atoms with van der Waals surface area (Å²) in [5.74, 6) is 1.37. The van der Waals surface area contributed by atoms with Crippen molar-refractivity contribution in [3.63, 3.8) is 0 Å². The molecule has 2 rings (SSSR count). The zero-order valence-corrected chi connectivity index (χ0v) is 13.5. The minimum atomic E-state index is 0.181. The lowest BCUT2D eigenvalue weighted by Gasteiger charge is -2.18. The smallest absolute Gasteiger partial charge is 0.221 e. The molecule has 0 bridgehead atoms. The standard InChI is InChI=1S/C18H26N2O/c1-5-19-11-15-12-20-18(21-14(4)10-13(2)3)17-9-7-6-8-16(15)17/h6-9,12-14,19H,5,10-11H2,1-4H3. The van der Waals surface area contributed by atoms with E-state index in [-0.39, 0.29) is 6.10 Å². The van der Waals surface area contributed by atoms with Gasteiger partial charge in [-0.3, -0.25) is 0 Å². The molecule has 1 atom stereocenters. The quantitative estimate of drug-likeness (QED) is 0.830. The second-order valence-corrected chi connectivity index (χ2v) is 5.97. The summed E-state index contributed by atoms with van der Waals surface area (Å²) < 4.78 is 6.07. The molecule has 1 heterocycles. The minimum Gasteiger partial charge on any atom is -0.474 e. The van der Waals surface area contributed by atoms with Crippen LogP contribution < -0.4 is 10.1 Å². The van der Waals surface area contributed by atoms with Crippen molar-refractivity contribution in [1.29, 1.82) is 0 Å². The molecule has 0 saturated carbocycles. The average molecular weight is 286 g/mol. The molecule has 0 radical (unpaired) electrons. The zero-order chi connectivity index (χ0) is 15.2. The number of hydrogen-bond acceptors (Lipinski definition) is 3. The Kier molecular flexibility index (Phi) is 5.57. The molecule has 1 aromatic carbocycles. The van der Waals surface area contributed by atoms with E-state index >= 15 is 0 Å². The highest BCUT2D eigenvalue weighted by Gasteiger charge is 2.12. The van der Waals surface area contributed by atoms with Gasteiger partial charge in [-0.15, -0.1) is 0 Å². The van der Waals surface area contributed by atoms with Crippen LogP contribution in [0.15, 0.2) is 30.5 Å². The fourth-order valence-electron chi connectivity index (χ4n) is 2.62. The number of fused-ring (bicyclic) bond motifs is 1. The van der Waals surface area contributed by atoms with Crippen molar-refractivity contribution in [3.05, 3.63) is 36.0 Å². The molecule has 114 valence electrons. The Balaban J connectivity index is 2.29. The molecule has 1 N–H and O–H groups in total. The highest BCUT2D eigenvalue weighted by atomic mass is 16.5. The maximum absolute atomic E-state index is 6.07. The van der Waals surface area contributed by atoms with Crippen LogP contribution in [0.25, 0.3) is 10.8 Å². The summed E-state index contributed by atoms with van der Waals surface area (Å²) in [7, 11) is 0. The highest BCUT2D eigenvalue weighted by Crippen LogP contribution is 2.27. The second kappa shape index (κ2) is 7.41. The third kappa shape index (κ3) is 4.18. The second-order valence-electron chi connectivity index (χ2n) is 5.97. The Morgan fingerprint density at radius 1 is 1.14 bits per heavy atom. The van der Waals surface area contributed by atoms with Gasteiger partial charge in [0.05, 0.1) is 6.10 Å². The Hall–Kier alpha value is -1.61. The number of rotatable bonds is 7. The Morgan fingerprint density at radius 2 is 1.86 bits per heavy atom. The van der Waals surface area contributed by atoms with Gasteiger partial charge in [0.1, 0.15) is 0 Å². The van der Waals surface area contributed by atoms with Crippen molar-refractivity contribution >= 4 is 10.8 Å². The Morgan fingerprint density at radius 3 is 2.52 bits per heavy atom. The van der Waals surface area contributed by atoms with Crippen LogP contribution in [0.2, 0.25) is 0 Å². The highest BCUT2D eigenvalue weighted by molar-refractivity contribution is 5.89.